The summed E-state index contributed by atoms with van der Waals surface area (Å²) in [5.41, 5.74) is 7.30. The van der Waals surface area contributed by atoms with Crippen LogP contribution in [0, 0.1) is 5.82 Å². The van der Waals surface area contributed by atoms with Crippen LogP contribution in [-0.4, -0.2) is 39.9 Å². The maximum absolute atomic E-state index is 13.4. The normalized spacial score (nSPS) is 11.2. The molecule has 0 aliphatic rings. The standard InChI is InChI=1S/C19H22ClFN4O2/c1-23-16-11-17(26-3)18(27-8-4-7-22)10-13(16)19(24-2)25-12-5-6-15(21)14(20)9-12/h5-6,9-11H,1,4,7-8,22H2,2-3H3,(H,24,25). The largest absolute Gasteiger partial charge is 0.493 e. The molecule has 6 nitrogen and oxygen atoms in total. The van der Waals surface area contributed by atoms with Crippen molar-refractivity contribution in [2.24, 2.45) is 15.7 Å². The van der Waals surface area contributed by atoms with Crippen LogP contribution in [0.4, 0.5) is 15.8 Å². The Hall–Kier alpha value is -2.64. The van der Waals surface area contributed by atoms with Crippen molar-refractivity contribution in [3.63, 3.8) is 0 Å². The molecule has 0 aromatic heterocycles. The average Bonchev–Trinajstić information content (AvgIpc) is 2.68. The van der Waals surface area contributed by atoms with E-state index in [0.29, 0.717) is 53.8 Å². The molecule has 144 valence electrons. The number of nitrogens with one attached hydrogen (secondary N) is 1. The number of hydrogen-bond acceptors (Lipinski definition) is 5. The van der Waals surface area contributed by atoms with Crippen molar-refractivity contribution in [2.45, 2.75) is 6.42 Å². The van der Waals surface area contributed by atoms with Crippen LogP contribution in [0.25, 0.3) is 0 Å². The van der Waals surface area contributed by atoms with Gasteiger partial charge in [0.2, 0.25) is 0 Å². The van der Waals surface area contributed by atoms with Gasteiger partial charge in [0.05, 0.1) is 24.4 Å². The number of nitrogens with zero attached hydrogens (tertiary/aromatic N) is 2. The molecule has 2 rings (SSSR count). The third kappa shape index (κ3) is 5.18. The summed E-state index contributed by atoms with van der Waals surface area (Å²) in [7, 11) is 3.17. The number of hydrogen-bond donors (Lipinski definition) is 2. The van der Waals surface area contributed by atoms with Crippen molar-refractivity contribution in [2.75, 3.05) is 32.6 Å². The van der Waals surface area contributed by atoms with Gasteiger partial charge in [-0.15, -0.1) is 0 Å². The van der Waals surface area contributed by atoms with E-state index in [0.717, 1.165) is 0 Å². The Morgan fingerprint density at radius 2 is 2.07 bits per heavy atom. The van der Waals surface area contributed by atoms with Gasteiger partial charge in [0, 0.05) is 24.4 Å². The van der Waals surface area contributed by atoms with Crippen molar-refractivity contribution in [3.05, 3.63) is 46.7 Å². The van der Waals surface area contributed by atoms with Gasteiger partial charge in [-0.05, 0) is 43.9 Å². The molecule has 0 fully saturated rings. The molecule has 0 atom stereocenters. The number of aliphatic imine (C=N–C) groups is 2. The number of ether oxygens (including phenoxy) is 2. The molecule has 0 heterocycles. The molecule has 0 saturated carbocycles. The molecule has 0 aliphatic carbocycles. The van der Waals surface area contributed by atoms with Gasteiger partial charge in [-0.3, -0.25) is 9.98 Å². The monoisotopic (exact) mass is 392 g/mol. The predicted molar refractivity (Wildman–Crippen MR) is 109 cm³/mol. The zero-order valence-electron chi connectivity index (χ0n) is 15.3. The molecule has 8 heteroatoms. The van der Waals surface area contributed by atoms with Crippen molar-refractivity contribution in [1.82, 2.24) is 0 Å². The lowest BCUT2D eigenvalue weighted by Crippen LogP contribution is -2.15. The lowest BCUT2D eigenvalue weighted by molar-refractivity contribution is 0.291. The Morgan fingerprint density at radius 1 is 1.30 bits per heavy atom. The van der Waals surface area contributed by atoms with Crippen molar-refractivity contribution in [3.8, 4) is 11.5 Å². The van der Waals surface area contributed by atoms with Crippen LogP contribution >= 0.6 is 11.6 Å². The first kappa shape index (κ1) is 20.7. The van der Waals surface area contributed by atoms with Crippen LogP contribution < -0.4 is 20.5 Å². The highest BCUT2D eigenvalue weighted by molar-refractivity contribution is 6.31. The molecule has 0 spiro atoms. The molecule has 0 aliphatic heterocycles. The Labute approximate surface area is 162 Å². The summed E-state index contributed by atoms with van der Waals surface area (Å²) >= 11 is 5.85. The summed E-state index contributed by atoms with van der Waals surface area (Å²) in [6.45, 7) is 4.58. The van der Waals surface area contributed by atoms with E-state index >= 15 is 0 Å². The third-order valence-electron chi connectivity index (χ3n) is 3.72. The van der Waals surface area contributed by atoms with Crippen molar-refractivity contribution in [1.29, 1.82) is 0 Å². The highest BCUT2D eigenvalue weighted by atomic mass is 35.5. The first-order valence-electron chi connectivity index (χ1n) is 8.24. The summed E-state index contributed by atoms with van der Waals surface area (Å²) in [5, 5.41) is 3.13. The summed E-state index contributed by atoms with van der Waals surface area (Å²) in [6, 6.07) is 7.80. The first-order chi connectivity index (χ1) is 13.0. The van der Waals surface area contributed by atoms with Gasteiger partial charge in [0.1, 0.15) is 11.7 Å². The maximum atomic E-state index is 13.4. The molecule has 0 radical (unpaired) electrons. The van der Waals surface area contributed by atoms with E-state index in [1.165, 1.54) is 12.1 Å². The summed E-state index contributed by atoms with van der Waals surface area (Å²) in [4.78, 5) is 8.32. The molecule has 3 N–H and O–H groups in total. The van der Waals surface area contributed by atoms with Gasteiger partial charge in [-0.2, -0.15) is 0 Å². The molecule has 2 aromatic rings. The van der Waals surface area contributed by atoms with E-state index < -0.39 is 5.82 Å². The molecular formula is C19H22ClFN4O2. The topological polar surface area (TPSA) is 81.2 Å². The van der Waals surface area contributed by atoms with Crippen LogP contribution in [0.3, 0.4) is 0 Å². The van der Waals surface area contributed by atoms with E-state index in [-0.39, 0.29) is 5.02 Å². The zero-order chi connectivity index (χ0) is 19.8. The SMILES string of the molecule is C=Nc1cc(OC)c(OCCCN)cc1C(=NC)Nc1ccc(F)c(Cl)c1. The van der Waals surface area contributed by atoms with E-state index in [9.17, 15) is 4.39 Å². The van der Waals surface area contributed by atoms with E-state index in [2.05, 4.69) is 22.0 Å². The van der Waals surface area contributed by atoms with Gasteiger partial charge in [0.25, 0.3) is 0 Å². The summed E-state index contributed by atoms with van der Waals surface area (Å²) < 4.78 is 24.5. The second kappa shape index (κ2) is 9.89. The number of rotatable bonds is 8. The van der Waals surface area contributed by atoms with Gasteiger partial charge in [0.15, 0.2) is 11.5 Å². The number of methoxy groups -OCH3 is 1. The van der Waals surface area contributed by atoms with Gasteiger partial charge in [-0.1, -0.05) is 11.6 Å². The molecular weight excluding hydrogens is 371 g/mol. The lowest BCUT2D eigenvalue weighted by Gasteiger charge is -2.16. The molecule has 2 aromatic carbocycles. The Balaban J connectivity index is 2.41. The highest BCUT2D eigenvalue weighted by Crippen LogP contribution is 2.35. The Kier molecular flexibility index (Phi) is 7.57. The predicted octanol–water partition coefficient (Wildman–Crippen LogP) is 4.04. The number of halogens is 2. The van der Waals surface area contributed by atoms with Crippen LogP contribution in [0.15, 0.2) is 40.3 Å². The minimum atomic E-state index is -0.495. The number of nitrogens with two attached hydrogens (primary N) is 1. The van der Waals surface area contributed by atoms with Crippen molar-refractivity contribution < 1.29 is 13.9 Å². The first-order valence-corrected chi connectivity index (χ1v) is 8.62. The summed E-state index contributed by atoms with van der Waals surface area (Å²) in [5.74, 6) is 1.06. The van der Waals surface area contributed by atoms with Crippen molar-refractivity contribution >= 4 is 35.5 Å². The van der Waals surface area contributed by atoms with Crippen LogP contribution in [0.2, 0.25) is 5.02 Å². The van der Waals surface area contributed by atoms with E-state index in [1.54, 1.807) is 32.4 Å². The molecule has 27 heavy (non-hydrogen) atoms. The average molecular weight is 393 g/mol. The Morgan fingerprint density at radius 3 is 2.67 bits per heavy atom. The molecule has 0 bridgehead atoms. The zero-order valence-corrected chi connectivity index (χ0v) is 16.0. The fourth-order valence-corrected chi connectivity index (χ4v) is 2.54. The van der Waals surface area contributed by atoms with Crippen LogP contribution in [-0.2, 0) is 0 Å². The summed E-state index contributed by atoms with van der Waals surface area (Å²) in [6.07, 6.45) is 0.709. The van der Waals surface area contributed by atoms with E-state index in [4.69, 9.17) is 26.8 Å². The van der Waals surface area contributed by atoms with Crippen LogP contribution in [0.1, 0.15) is 12.0 Å². The van der Waals surface area contributed by atoms with Crippen LogP contribution in [0.5, 0.6) is 11.5 Å². The van der Waals surface area contributed by atoms with Gasteiger partial charge >= 0.3 is 0 Å². The minimum Gasteiger partial charge on any atom is -0.493 e. The maximum Gasteiger partial charge on any atom is 0.162 e. The smallest absolute Gasteiger partial charge is 0.162 e. The fourth-order valence-electron chi connectivity index (χ4n) is 2.36. The number of amidine groups is 1. The van der Waals surface area contributed by atoms with Gasteiger partial charge < -0.3 is 20.5 Å². The van der Waals surface area contributed by atoms with E-state index in [1.807, 2.05) is 0 Å². The number of benzene rings is 2. The molecule has 0 saturated heterocycles. The Bertz CT molecular complexity index is 843. The lowest BCUT2D eigenvalue weighted by atomic mass is 10.1. The fraction of sp³-hybridized carbons (Fsp3) is 0.263. The number of anilines is 1. The molecule has 0 amide bonds. The second-order valence-electron chi connectivity index (χ2n) is 5.50. The third-order valence-corrected chi connectivity index (χ3v) is 4.01. The second-order valence-corrected chi connectivity index (χ2v) is 5.90. The highest BCUT2D eigenvalue weighted by Gasteiger charge is 2.16. The minimum absolute atomic E-state index is 0.0121. The quantitative estimate of drug-likeness (QED) is 0.403. The van der Waals surface area contributed by atoms with Gasteiger partial charge in [-0.25, -0.2) is 4.39 Å². The molecule has 0 unspecified atom stereocenters.